The van der Waals surface area contributed by atoms with Gasteiger partial charge in [0.2, 0.25) is 0 Å². The first-order valence-electron chi connectivity index (χ1n) is 9.07. The zero-order chi connectivity index (χ0) is 19.1. The Bertz CT molecular complexity index is 890. The molecule has 0 spiro atoms. The van der Waals surface area contributed by atoms with Crippen LogP contribution in [0.25, 0.3) is 5.65 Å². The Labute approximate surface area is 158 Å². The standard InChI is InChI=1S/C20H24N4O3/c1-3-26-17-6-8-18(9-7-17)27-14-20(25)21-10-4-5-16-12-22-19-11-15(2)23-24(19)13-16/h6-9,11-13H,3-5,10,14H2,1-2H3,(H,21,25). The summed E-state index contributed by atoms with van der Waals surface area (Å²) in [6, 6.07) is 9.16. The largest absolute Gasteiger partial charge is 0.494 e. The van der Waals surface area contributed by atoms with E-state index in [9.17, 15) is 4.79 Å². The number of nitrogens with zero attached hydrogens (tertiary/aromatic N) is 3. The summed E-state index contributed by atoms with van der Waals surface area (Å²) in [6.45, 7) is 5.07. The van der Waals surface area contributed by atoms with Gasteiger partial charge in [0.05, 0.1) is 12.3 Å². The maximum atomic E-state index is 11.9. The summed E-state index contributed by atoms with van der Waals surface area (Å²) >= 11 is 0. The van der Waals surface area contributed by atoms with Crippen LogP contribution in [-0.2, 0) is 11.2 Å². The van der Waals surface area contributed by atoms with Crippen molar-refractivity contribution in [3.63, 3.8) is 0 Å². The number of nitrogens with one attached hydrogen (secondary N) is 1. The van der Waals surface area contributed by atoms with Crippen LogP contribution in [-0.4, -0.2) is 40.3 Å². The number of benzene rings is 1. The van der Waals surface area contributed by atoms with Crippen LogP contribution >= 0.6 is 0 Å². The topological polar surface area (TPSA) is 77.8 Å². The average Bonchev–Trinajstić information content (AvgIpc) is 3.04. The summed E-state index contributed by atoms with van der Waals surface area (Å²) < 4.78 is 12.6. The molecule has 3 rings (SSSR count). The van der Waals surface area contributed by atoms with E-state index in [4.69, 9.17) is 9.47 Å². The molecule has 0 radical (unpaired) electrons. The van der Waals surface area contributed by atoms with Crippen molar-refractivity contribution in [2.24, 2.45) is 0 Å². The lowest BCUT2D eigenvalue weighted by Crippen LogP contribution is -2.29. The van der Waals surface area contributed by atoms with Gasteiger partial charge in [-0.1, -0.05) is 0 Å². The van der Waals surface area contributed by atoms with E-state index in [1.165, 1.54) is 0 Å². The zero-order valence-corrected chi connectivity index (χ0v) is 15.6. The molecule has 0 aliphatic rings. The third-order valence-electron chi connectivity index (χ3n) is 3.96. The molecule has 27 heavy (non-hydrogen) atoms. The van der Waals surface area contributed by atoms with E-state index in [2.05, 4.69) is 15.4 Å². The molecule has 1 N–H and O–H groups in total. The number of carbonyl (C=O) groups excluding carboxylic acids is 1. The molecule has 2 heterocycles. The molecule has 0 saturated carbocycles. The number of rotatable bonds is 9. The lowest BCUT2D eigenvalue weighted by atomic mass is 10.2. The zero-order valence-electron chi connectivity index (χ0n) is 15.6. The van der Waals surface area contributed by atoms with E-state index < -0.39 is 0 Å². The van der Waals surface area contributed by atoms with E-state index in [0.29, 0.717) is 18.9 Å². The molecule has 3 aromatic rings. The smallest absolute Gasteiger partial charge is 0.257 e. The number of aromatic nitrogens is 3. The quantitative estimate of drug-likeness (QED) is 0.588. The Hall–Kier alpha value is -3.09. The highest BCUT2D eigenvalue weighted by Crippen LogP contribution is 2.17. The number of hydrogen-bond acceptors (Lipinski definition) is 5. The highest BCUT2D eigenvalue weighted by atomic mass is 16.5. The van der Waals surface area contributed by atoms with Gasteiger partial charge in [0.25, 0.3) is 5.91 Å². The number of aryl methyl sites for hydroxylation is 2. The minimum Gasteiger partial charge on any atom is -0.494 e. The molecular formula is C20H24N4O3. The highest BCUT2D eigenvalue weighted by Gasteiger charge is 2.04. The molecule has 0 bridgehead atoms. The van der Waals surface area contributed by atoms with E-state index in [0.717, 1.165) is 35.5 Å². The lowest BCUT2D eigenvalue weighted by Gasteiger charge is -2.08. The molecule has 0 fully saturated rings. The van der Waals surface area contributed by atoms with Gasteiger partial charge in [-0.3, -0.25) is 4.79 Å². The lowest BCUT2D eigenvalue weighted by molar-refractivity contribution is -0.123. The number of carbonyl (C=O) groups is 1. The summed E-state index contributed by atoms with van der Waals surface area (Å²) in [5, 5.41) is 7.22. The normalized spacial score (nSPS) is 10.7. The Balaban J connectivity index is 1.36. The first-order valence-corrected chi connectivity index (χ1v) is 9.07. The van der Waals surface area contributed by atoms with Crippen molar-refractivity contribution >= 4 is 11.6 Å². The van der Waals surface area contributed by atoms with Crippen molar-refractivity contribution < 1.29 is 14.3 Å². The van der Waals surface area contributed by atoms with Gasteiger partial charge in [0.15, 0.2) is 12.3 Å². The Morgan fingerprint density at radius 2 is 1.93 bits per heavy atom. The van der Waals surface area contributed by atoms with Gasteiger partial charge >= 0.3 is 0 Å². The molecule has 0 atom stereocenters. The molecular weight excluding hydrogens is 344 g/mol. The van der Waals surface area contributed by atoms with Gasteiger partial charge < -0.3 is 14.8 Å². The van der Waals surface area contributed by atoms with Gasteiger partial charge in [-0.2, -0.15) is 5.10 Å². The molecule has 1 amide bonds. The molecule has 7 heteroatoms. The second-order valence-corrected chi connectivity index (χ2v) is 6.20. The summed E-state index contributed by atoms with van der Waals surface area (Å²) in [6.07, 6.45) is 5.48. The fourth-order valence-electron chi connectivity index (χ4n) is 2.68. The minimum atomic E-state index is -0.139. The average molecular weight is 368 g/mol. The number of hydrogen-bond donors (Lipinski definition) is 1. The van der Waals surface area contributed by atoms with Crippen LogP contribution in [0, 0.1) is 6.92 Å². The molecule has 0 saturated heterocycles. The summed E-state index contributed by atoms with van der Waals surface area (Å²) in [5.74, 6) is 1.29. The van der Waals surface area contributed by atoms with Gasteiger partial charge in [-0.05, 0) is 56.5 Å². The van der Waals surface area contributed by atoms with Crippen molar-refractivity contribution in [2.75, 3.05) is 19.8 Å². The van der Waals surface area contributed by atoms with Gasteiger partial charge in [-0.15, -0.1) is 0 Å². The van der Waals surface area contributed by atoms with Crippen LogP contribution in [0.1, 0.15) is 24.6 Å². The van der Waals surface area contributed by atoms with Crippen molar-refractivity contribution in [1.82, 2.24) is 19.9 Å². The van der Waals surface area contributed by atoms with E-state index >= 15 is 0 Å². The second-order valence-electron chi connectivity index (χ2n) is 6.20. The highest BCUT2D eigenvalue weighted by molar-refractivity contribution is 5.77. The third-order valence-corrected chi connectivity index (χ3v) is 3.96. The Kier molecular flexibility index (Phi) is 6.25. The van der Waals surface area contributed by atoms with Crippen molar-refractivity contribution in [2.45, 2.75) is 26.7 Å². The fraction of sp³-hybridized carbons (Fsp3) is 0.350. The van der Waals surface area contributed by atoms with Crippen LogP contribution < -0.4 is 14.8 Å². The number of fused-ring (bicyclic) bond motifs is 1. The maximum Gasteiger partial charge on any atom is 0.257 e. The van der Waals surface area contributed by atoms with E-state index in [-0.39, 0.29) is 12.5 Å². The first kappa shape index (κ1) is 18.7. The van der Waals surface area contributed by atoms with Gasteiger partial charge in [0, 0.05) is 25.0 Å². The second kappa shape index (κ2) is 9.02. The molecule has 142 valence electrons. The monoisotopic (exact) mass is 368 g/mol. The summed E-state index contributed by atoms with van der Waals surface area (Å²) in [5.41, 5.74) is 2.88. The SMILES string of the molecule is CCOc1ccc(OCC(=O)NCCCc2cnc3cc(C)nn3c2)cc1. The van der Waals surface area contributed by atoms with E-state index in [1.54, 1.807) is 16.6 Å². The van der Waals surface area contributed by atoms with Crippen molar-refractivity contribution in [3.8, 4) is 11.5 Å². The van der Waals surface area contributed by atoms with Crippen molar-refractivity contribution in [3.05, 3.63) is 54.0 Å². The third kappa shape index (κ3) is 5.44. The summed E-state index contributed by atoms with van der Waals surface area (Å²) in [4.78, 5) is 16.3. The fourth-order valence-corrected chi connectivity index (χ4v) is 2.68. The minimum absolute atomic E-state index is 0.00589. The van der Waals surface area contributed by atoms with Gasteiger partial charge in [0.1, 0.15) is 11.5 Å². The van der Waals surface area contributed by atoms with Crippen LogP contribution in [0.2, 0.25) is 0 Å². The van der Waals surface area contributed by atoms with Crippen LogP contribution in [0.15, 0.2) is 42.7 Å². The van der Waals surface area contributed by atoms with Crippen LogP contribution in [0.5, 0.6) is 11.5 Å². The molecule has 0 aliphatic carbocycles. The van der Waals surface area contributed by atoms with Crippen LogP contribution in [0.4, 0.5) is 0 Å². The molecule has 1 aromatic carbocycles. The molecule has 2 aromatic heterocycles. The number of ether oxygens (including phenoxy) is 2. The predicted octanol–water partition coefficient (Wildman–Crippen LogP) is 2.56. The van der Waals surface area contributed by atoms with Crippen molar-refractivity contribution in [1.29, 1.82) is 0 Å². The molecule has 7 nitrogen and oxygen atoms in total. The Morgan fingerprint density at radius 1 is 1.19 bits per heavy atom. The maximum absolute atomic E-state index is 11.9. The Morgan fingerprint density at radius 3 is 2.67 bits per heavy atom. The van der Waals surface area contributed by atoms with Crippen LogP contribution in [0.3, 0.4) is 0 Å². The number of amides is 1. The first-order chi connectivity index (χ1) is 13.1. The summed E-state index contributed by atoms with van der Waals surface area (Å²) in [7, 11) is 0. The molecule has 0 unspecified atom stereocenters. The van der Waals surface area contributed by atoms with E-state index in [1.807, 2.05) is 44.4 Å². The molecule has 0 aliphatic heterocycles. The van der Waals surface area contributed by atoms with Gasteiger partial charge in [-0.25, -0.2) is 9.50 Å². The predicted molar refractivity (Wildman–Crippen MR) is 102 cm³/mol.